The van der Waals surface area contributed by atoms with Gasteiger partial charge in [-0.05, 0) is 48.2 Å². The molecule has 1 saturated heterocycles. The average Bonchev–Trinajstić information content (AvgIpc) is 3.09. The summed E-state index contributed by atoms with van der Waals surface area (Å²) in [5.74, 6) is -1.17. The number of halogens is 1. The molecule has 0 radical (unpaired) electrons. The molecule has 9 nitrogen and oxygen atoms in total. The molecule has 0 spiro atoms. The molecule has 2 heterocycles. The summed E-state index contributed by atoms with van der Waals surface area (Å²) < 4.78 is 5.30. The van der Waals surface area contributed by atoms with Crippen LogP contribution in [0.5, 0.6) is 0 Å². The number of carbonyl (C=O) groups is 3. The van der Waals surface area contributed by atoms with Crippen molar-refractivity contribution < 1.29 is 19.1 Å². The Balaban J connectivity index is 1.41. The van der Waals surface area contributed by atoms with Gasteiger partial charge in [0, 0.05) is 29.1 Å². The number of benzene rings is 2. The van der Waals surface area contributed by atoms with Gasteiger partial charge in [0.05, 0.1) is 6.54 Å². The van der Waals surface area contributed by atoms with E-state index in [-0.39, 0.29) is 43.2 Å². The summed E-state index contributed by atoms with van der Waals surface area (Å²) in [5.41, 5.74) is 9.29. The van der Waals surface area contributed by atoms with Gasteiger partial charge in [0.1, 0.15) is 6.04 Å². The lowest BCUT2D eigenvalue weighted by Gasteiger charge is -2.29. The highest BCUT2D eigenvalue weighted by Gasteiger charge is 2.39. The van der Waals surface area contributed by atoms with E-state index in [9.17, 15) is 14.4 Å². The molecule has 2 aliphatic rings. The normalized spacial score (nSPS) is 18.2. The first-order valence-electron chi connectivity index (χ1n) is 10.3. The first-order chi connectivity index (χ1) is 15.7. The van der Waals surface area contributed by atoms with E-state index in [0.717, 1.165) is 16.7 Å². The Morgan fingerprint density at radius 2 is 2.06 bits per heavy atom. The fourth-order valence-corrected chi connectivity index (χ4v) is 4.01. The number of piperidine rings is 1. The number of carbonyl (C=O) groups excluding carboxylic acids is 3. The van der Waals surface area contributed by atoms with Crippen molar-refractivity contribution in [2.24, 2.45) is 10.7 Å². The number of nitrogens with zero attached hydrogens (tertiary/aromatic N) is 2. The van der Waals surface area contributed by atoms with Gasteiger partial charge in [-0.25, -0.2) is 4.99 Å². The van der Waals surface area contributed by atoms with E-state index in [2.05, 4.69) is 10.3 Å². The van der Waals surface area contributed by atoms with Crippen molar-refractivity contribution in [2.45, 2.75) is 38.9 Å². The lowest BCUT2D eigenvalue weighted by Crippen LogP contribution is -2.52. The van der Waals surface area contributed by atoms with E-state index in [1.807, 2.05) is 13.0 Å². The molecule has 4 N–H and O–H groups in total. The number of hydrogen-bond acceptors (Lipinski definition) is 6. The predicted molar refractivity (Wildman–Crippen MR) is 122 cm³/mol. The topological polar surface area (TPSA) is 138 Å². The number of nitrogens with two attached hydrogens (primary N) is 1. The van der Waals surface area contributed by atoms with E-state index in [1.165, 1.54) is 4.90 Å². The molecule has 1 atom stereocenters. The lowest BCUT2D eigenvalue weighted by molar-refractivity contribution is -0.136. The highest BCUT2D eigenvalue weighted by molar-refractivity contribution is 6.31. The summed E-state index contributed by atoms with van der Waals surface area (Å²) in [6, 6.07) is 9.58. The Labute approximate surface area is 195 Å². The summed E-state index contributed by atoms with van der Waals surface area (Å²) in [5, 5.41) is 10.9. The van der Waals surface area contributed by atoms with Gasteiger partial charge in [-0.3, -0.25) is 25.1 Å². The molecule has 0 aliphatic carbocycles. The largest absolute Gasteiger partial charge is 0.407 e. The summed E-state index contributed by atoms with van der Waals surface area (Å²) in [7, 11) is 0. The highest BCUT2D eigenvalue weighted by atomic mass is 35.5. The number of amidine groups is 1. The molecule has 33 heavy (non-hydrogen) atoms. The number of hydrogen-bond donors (Lipinski definition) is 3. The van der Waals surface area contributed by atoms with Crippen molar-refractivity contribution in [2.75, 3.05) is 0 Å². The number of nitrogens with one attached hydrogen (secondary N) is 2. The molecule has 2 aromatic rings. The van der Waals surface area contributed by atoms with Crippen molar-refractivity contribution >= 4 is 41.2 Å². The van der Waals surface area contributed by atoms with Crippen LogP contribution in [0.15, 0.2) is 41.4 Å². The van der Waals surface area contributed by atoms with E-state index in [1.54, 1.807) is 30.3 Å². The molecule has 1 unspecified atom stereocenters. The number of amides is 3. The number of aryl methyl sites for hydroxylation is 1. The van der Waals surface area contributed by atoms with Crippen LogP contribution in [0, 0.1) is 12.3 Å². The molecule has 0 bridgehead atoms. The smallest absolute Gasteiger partial charge is 0.289 e. The van der Waals surface area contributed by atoms with Crippen molar-refractivity contribution in [3.63, 3.8) is 0 Å². The minimum Gasteiger partial charge on any atom is -0.407 e. The predicted octanol–water partition coefficient (Wildman–Crippen LogP) is 2.27. The molecule has 3 amide bonds. The van der Waals surface area contributed by atoms with E-state index < -0.39 is 11.9 Å². The third kappa shape index (κ3) is 4.73. The fraction of sp³-hybridized carbons (Fsp3) is 0.261. The first-order valence-corrected chi connectivity index (χ1v) is 10.7. The van der Waals surface area contributed by atoms with E-state index in [4.69, 9.17) is 27.5 Å². The maximum Gasteiger partial charge on any atom is 0.289 e. The van der Waals surface area contributed by atoms with Gasteiger partial charge >= 0.3 is 0 Å². The van der Waals surface area contributed by atoms with Crippen LogP contribution in [0.4, 0.5) is 0 Å². The van der Waals surface area contributed by atoms with Crippen LogP contribution in [0.1, 0.15) is 45.5 Å². The van der Waals surface area contributed by atoms with Crippen LogP contribution < -0.4 is 11.1 Å². The van der Waals surface area contributed by atoms with Gasteiger partial charge in [0.2, 0.25) is 17.7 Å². The average molecular weight is 468 g/mol. The van der Waals surface area contributed by atoms with Crippen LogP contribution in [0.25, 0.3) is 0 Å². The highest BCUT2D eigenvalue weighted by Crippen LogP contribution is 2.28. The second-order valence-electron chi connectivity index (χ2n) is 7.94. The molecule has 0 saturated carbocycles. The summed E-state index contributed by atoms with van der Waals surface area (Å²) in [6.45, 7) is 2.33. The monoisotopic (exact) mass is 467 g/mol. The van der Waals surface area contributed by atoms with Crippen molar-refractivity contribution in [3.8, 4) is 0 Å². The summed E-state index contributed by atoms with van der Waals surface area (Å²) in [4.78, 5) is 42.0. The molecule has 10 heteroatoms. The van der Waals surface area contributed by atoms with Crippen LogP contribution in [0.2, 0.25) is 5.02 Å². The maximum atomic E-state index is 12.8. The molecule has 170 valence electrons. The zero-order valence-electron chi connectivity index (χ0n) is 17.9. The summed E-state index contributed by atoms with van der Waals surface area (Å²) in [6.07, 6.45) is 0.521. The van der Waals surface area contributed by atoms with Gasteiger partial charge < -0.3 is 15.4 Å². The van der Waals surface area contributed by atoms with E-state index >= 15 is 0 Å². The quantitative estimate of drug-likeness (QED) is 0.359. The van der Waals surface area contributed by atoms with Crippen LogP contribution in [-0.4, -0.2) is 40.6 Å². The number of imide groups is 1. The fourth-order valence-electron chi connectivity index (χ4n) is 3.83. The van der Waals surface area contributed by atoms with Crippen molar-refractivity contribution in [3.05, 3.63) is 69.2 Å². The number of rotatable bonds is 4. The molecule has 1 fully saturated rings. The Kier molecular flexibility index (Phi) is 6.15. The number of aliphatic imine (C=N–C) groups is 1. The van der Waals surface area contributed by atoms with Crippen molar-refractivity contribution in [1.82, 2.24) is 10.2 Å². The molecule has 2 aliphatic heterocycles. The minimum absolute atomic E-state index is 0.168. The standard InChI is InChI=1S/C23H22ClN5O4/c1-12-2-4-14(9-17(12)24)20(25)33-23(26)27-10-13-3-5-16-15(8-13)11-29(22(16)32)18-6-7-19(30)28-21(18)31/h2-5,8-9,18,25H,6-7,10-11H2,1H3,(H2,26,27)(H,28,30,31). The minimum atomic E-state index is -0.658. The van der Waals surface area contributed by atoms with Gasteiger partial charge in [-0.2, -0.15) is 0 Å². The first kappa shape index (κ1) is 22.5. The van der Waals surface area contributed by atoms with Crippen LogP contribution in [-0.2, 0) is 27.4 Å². The zero-order valence-corrected chi connectivity index (χ0v) is 18.6. The van der Waals surface area contributed by atoms with Crippen molar-refractivity contribution in [1.29, 1.82) is 5.41 Å². The Bertz CT molecular complexity index is 1210. The van der Waals surface area contributed by atoms with Crippen LogP contribution in [0.3, 0.4) is 0 Å². The third-order valence-electron chi connectivity index (χ3n) is 5.65. The Hall–Kier alpha value is -3.72. The molecular weight excluding hydrogens is 446 g/mol. The van der Waals surface area contributed by atoms with Crippen LogP contribution >= 0.6 is 11.6 Å². The van der Waals surface area contributed by atoms with Gasteiger partial charge in [-0.15, -0.1) is 0 Å². The molecular formula is C23H22ClN5O4. The molecule has 0 aromatic heterocycles. The van der Waals surface area contributed by atoms with E-state index in [0.29, 0.717) is 22.6 Å². The number of ether oxygens (including phenoxy) is 1. The second kappa shape index (κ2) is 9.03. The third-order valence-corrected chi connectivity index (χ3v) is 6.05. The zero-order chi connectivity index (χ0) is 23.7. The Morgan fingerprint density at radius 1 is 1.27 bits per heavy atom. The Morgan fingerprint density at radius 3 is 2.79 bits per heavy atom. The summed E-state index contributed by atoms with van der Waals surface area (Å²) >= 11 is 6.09. The second-order valence-corrected chi connectivity index (χ2v) is 8.35. The SMILES string of the molecule is Cc1ccc(C(=N)OC(N)=NCc2ccc3c(c2)CN(C2CCC(=O)NC2=O)C3=O)cc1Cl. The lowest BCUT2D eigenvalue weighted by atomic mass is 10.0. The molecule has 2 aromatic carbocycles. The van der Waals surface area contributed by atoms with Gasteiger partial charge in [0.25, 0.3) is 11.9 Å². The van der Waals surface area contributed by atoms with Gasteiger partial charge in [0.15, 0.2) is 0 Å². The van der Waals surface area contributed by atoms with Gasteiger partial charge in [-0.1, -0.05) is 29.8 Å². The maximum absolute atomic E-state index is 12.8. The number of fused-ring (bicyclic) bond motifs is 1. The molecule has 4 rings (SSSR count).